The molecule has 2 aliphatic heterocycles. The lowest BCUT2D eigenvalue weighted by Gasteiger charge is -2.56. The number of nitrogens with one attached hydrogen (secondary N) is 2. The number of ether oxygens (including phenoxy) is 3. The van der Waals surface area contributed by atoms with E-state index in [1.54, 1.807) is 0 Å². The zero-order valence-electron chi connectivity index (χ0n) is 28.7. The van der Waals surface area contributed by atoms with Crippen LogP contribution in [0.5, 0.6) is 0 Å². The third-order valence-electron chi connectivity index (χ3n) is 12.0. The Balaban J connectivity index is 0.932. The molecule has 0 spiro atoms. The minimum absolute atomic E-state index is 0.0108. The lowest BCUT2D eigenvalue weighted by molar-refractivity contribution is -0.277. The van der Waals surface area contributed by atoms with Gasteiger partial charge in [-0.1, -0.05) is 73.7 Å². The number of urea groups is 1. The van der Waals surface area contributed by atoms with Crippen molar-refractivity contribution in [2.75, 3.05) is 32.8 Å². The van der Waals surface area contributed by atoms with Gasteiger partial charge in [-0.15, -0.1) is 0 Å². The Bertz CT molecular complexity index is 1550. The van der Waals surface area contributed by atoms with Gasteiger partial charge >= 0.3 is 6.03 Å². The predicted octanol–water partition coefficient (Wildman–Crippen LogP) is 6.74. The van der Waals surface area contributed by atoms with Crippen LogP contribution in [0.2, 0.25) is 0 Å². The van der Waals surface area contributed by atoms with Crippen molar-refractivity contribution in [3.8, 4) is 11.1 Å². The summed E-state index contributed by atoms with van der Waals surface area (Å²) >= 11 is 0. The highest BCUT2D eigenvalue weighted by Crippen LogP contribution is 2.55. The van der Waals surface area contributed by atoms with Gasteiger partial charge in [-0.2, -0.15) is 0 Å². The van der Waals surface area contributed by atoms with Gasteiger partial charge in [0.05, 0.1) is 32.0 Å². The topological polar surface area (TPSA) is 92.3 Å². The van der Waals surface area contributed by atoms with E-state index in [0.717, 1.165) is 103 Å². The molecule has 2 heterocycles. The lowest BCUT2D eigenvalue weighted by atomic mass is 9.53. The number of morpholine rings is 1. The molecular weight excluding hydrogens is 614 g/mol. The number of nitrogens with zero attached hydrogens (tertiary/aromatic N) is 1. The Morgan fingerprint density at radius 1 is 0.837 bits per heavy atom. The molecule has 6 aliphatic rings. The van der Waals surface area contributed by atoms with Crippen LogP contribution in [0.3, 0.4) is 0 Å². The smallest absolute Gasteiger partial charge is 0.315 e. The average molecular weight is 666 g/mol. The van der Waals surface area contributed by atoms with E-state index in [-0.39, 0.29) is 36.3 Å². The van der Waals surface area contributed by atoms with Crippen LogP contribution in [-0.2, 0) is 27.4 Å². The highest BCUT2D eigenvalue weighted by atomic mass is 16.7. The molecule has 4 saturated carbocycles. The summed E-state index contributed by atoms with van der Waals surface area (Å²) in [7, 11) is 0. The van der Waals surface area contributed by atoms with Gasteiger partial charge in [-0.3, -0.25) is 4.90 Å². The molecule has 4 aliphatic carbocycles. The molecule has 49 heavy (non-hydrogen) atoms. The second kappa shape index (κ2) is 14.2. The zero-order valence-corrected chi connectivity index (χ0v) is 28.7. The van der Waals surface area contributed by atoms with Gasteiger partial charge in [0.2, 0.25) is 0 Å². The lowest BCUT2D eigenvalue weighted by Crippen LogP contribution is -2.61. The summed E-state index contributed by atoms with van der Waals surface area (Å²) in [4.78, 5) is 15.5. The van der Waals surface area contributed by atoms with Crippen molar-refractivity contribution in [2.45, 2.75) is 82.6 Å². The van der Waals surface area contributed by atoms with Crippen LogP contribution < -0.4 is 10.6 Å². The molecule has 9 rings (SSSR count). The number of carbonyl (C=O) groups is 1. The first-order valence-electron chi connectivity index (χ1n) is 18.5. The van der Waals surface area contributed by atoms with E-state index >= 15 is 0 Å². The SMILES string of the molecule is C[C@@H]1[C@H](CN2CCOCC2)O[C@H](c2ccc(-c3cccc(CNC(=O)NC45CC6CC(CC(C6)C4)C5)c3)cc2)O[C@@H]1c1ccc(CO)cc1. The van der Waals surface area contributed by atoms with Crippen LogP contribution in [0.15, 0.2) is 72.8 Å². The molecule has 260 valence electrons. The van der Waals surface area contributed by atoms with Crippen molar-refractivity contribution in [1.29, 1.82) is 0 Å². The number of hydrogen-bond donors (Lipinski definition) is 3. The quantitative estimate of drug-likeness (QED) is 0.235. The number of aliphatic hydroxyl groups is 1. The highest BCUT2D eigenvalue weighted by molar-refractivity contribution is 5.75. The summed E-state index contributed by atoms with van der Waals surface area (Å²) < 4.78 is 19.0. The fraction of sp³-hybridized carbons (Fsp3) is 0.537. The van der Waals surface area contributed by atoms with E-state index in [4.69, 9.17) is 14.2 Å². The van der Waals surface area contributed by atoms with Crippen molar-refractivity contribution >= 4 is 6.03 Å². The molecule has 4 bridgehead atoms. The Kier molecular flexibility index (Phi) is 9.51. The number of hydrogen-bond acceptors (Lipinski definition) is 6. The van der Waals surface area contributed by atoms with Gasteiger partial charge in [-0.05, 0) is 90.2 Å². The van der Waals surface area contributed by atoms with Gasteiger partial charge in [0, 0.05) is 43.2 Å². The first-order chi connectivity index (χ1) is 23.9. The maximum absolute atomic E-state index is 13.1. The van der Waals surface area contributed by atoms with Crippen molar-refractivity contribution < 1.29 is 24.1 Å². The van der Waals surface area contributed by atoms with Crippen molar-refractivity contribution in [2.24, 2.45) is 23.7 Å². The maximum Gasteiger partial charge on any atom is 0.315 e. The maximum atomic E-state index is 13.1. The molecular formula is C41H51N3O5. The Morgan fingerprint density at radius 2 is 1.51 bits per heavy atom. The van der Waals surface area contributed by atoms with Crippen molar-refractivity contribution in [1.82, 2.24) is 15.5 Å². The van der Waals surface area contributed by atoms with Crippen LogP contribution in [0, 0.1) is 23.7 Å². The minimum Gasteiger partial charge on any atom is -0.392 e. The van der Waals surface area contributed by atoms with Crippen LogP contribution in [0.1, 0.15) is 80.1 Å². The largest absolute Gasteiger partial charge is 0.392 e. The summed E-state index contributed by atoms with van der Waals surface area (Å²) in [6.45, 7) is 6.88. The fourth-order valence-electron chi connectivity index (χ4n) is 9.79. The molecule has 2 amide bonds. The van der Waals surface area contributed by atoms with Crippen LogP contribution in [-0.4, -0.2) is 60.5 Å². The van der Waals surface area contributed by atoms with E-state index in [2.05, 4.69) is 83.1 Å². The standard InChI is InChI=1S/C41H51N3O5/c1-27-37(25-44-13-15-47-16-14-44)48-39(49-38(27)34-7-5-28(26-45)6-8-34)35-11-9-33(10-12-35)36-4-2-3-29(20-36)24-42-40(46)43-41-21-30-17-31(22-41)19-32(18-30)23-41/h2-12,20,27,30-32,37-39,45H,13-19,21-26H2,1H3,(H2,42,43,46)/t27-,30?,31?,32?,37+,38+,39+,41?/m1/s1. The van der Waals surface area contributed by atoms with Crippen molar-refractivity contribution in [3.05, 3.63) is 95.1 Å². The number of rotatable bonds is 9. The van der Waals surface area contributed by atoms with Crippen LogP contribution in [0.4, 0.5) is 4.79 Å². The molecule has 8 nitrogen and oxygen atoms in total. The van der Waals surface area contributed by atoms with Crippen LogP contribution in [0.25, 0.3) is 11.1 Å². The fourth-order valence-corrected chi connectivity index (χ4v) is 9.79. The van der Waals surface area contributed by atoms with E-state index in [1.165, 1.54) is 19.3 Å². The molecule has 3 aromatic rings. The zero-order chi connectivity index (χ0) is 33.4. The van der Waals surface area contributed by atoms with Gasteiger partial charge < -0.3 is 30.0 Å². The molecule has 0 radical (unpaired) electrons. The van der Waals surface area contributed by atoms with Gasteiger partial charge in [0.15, 0.2) is 6.29 Å². The molecule has 3 N–H and O–H groups in total. The van der Waals surface area contributed by atoms with E-state index in [0.29, 0.717) is 6.54 Å². The number of carbonyl (C=O) groups excluding carboxylic acids is 1. The average Bonchev–Trinajstić information content (AvgIpc) is 3.11. The minimum atomic E-state index is -0.498. The Morgan fingerprint density at radius 3 is 2.18 bits per heavy atom. The molecule has 4 atom stereocenters. The molecule has 0 aromatic heterocycles. The predicted molar refractivity (Wildman–Crippen MR) is 188 cm³/mol. The van der Waals surface area contributed by atoms with Gasteiger partial charge in [0.25, 0.3) is 0 Å². The van der Waals surface area contributed by atoms with Gasteiger partial charge in [-0.25, -0.2) is 4.79 Å². The summed E-state index contributed by atoms with van der Waals surface area (Å²) in [5.74, 6) is 2.55. The number of aliphatic hydroxyl groups excluding tert-OH is 1. The third-order valence-corrected chi connectivity index (χ3v) is 12.0. The molecule has 0 unspecified atom stereocenters. The van der Waals surface area contributed by atoms with Gasteiger partial charge in [0.1, 0.15) is 0 Å². The highest BCUT2D eigenvalue weighted by Gasteiger charge is 2.51. The molecule has 2 saturated heterocycles. The summed E-state index contributed by atoms with van der Waals surface area (Å²) in [5, 5.41) is 16.2. The van der Waals surface area contributed by atoms with E-state index < -0.39 is 6.29 Å². The first kappa shape index (κ1) is 32.9. The molecule has 6 fully saturated rings. The van der Waals surface area contributed by atoms with Crippen molar-refractivity contribution in [3.63, 3.8) is 0 Å². The number of amides is 2. The van der Waals surface area contributed by atoms with E-state index in [9.17, 15) is 9.90 Å². The molecule has 3 aromatic carbocycles. The second-order valence-electron chi connectivity index (χ2n) is 15.6. The Labute approximate surface area is 290 Å². The summed E-state index contributed by atoms with van der Waals surface area (Å²) in [6.07, 6.45) is 6.92. The van der Waals surface area contributed by atoms with E-state index in [1.807, 2.05) is 12.1 Å². The monoisotopic (exact) mass is 665 g/mol. The number of benzene rings is 3. The normalized spacial score (nSPS) is 32.6. The summed E-state index contributed by atoms with van der Waals surface area (Å²) in [6, 6.07) is 25.0. The molecule has 8 heteroatoms. The second-order valence-corrected chi connectivity index (χ2v) is 15.6. The third kappa shape index (κ3) is 7.31. The Hall–Kier alpha value is -3.27. The first-order valence-corrected chi connectivity index (χ1v) is 18.5. The summed E-state index contributed by atoms with van der Waals surface area (Å²) in [5.41, 5.74) is 6.28. The van der Waals surface area contributed by atoms with Crippen LogP contribution >= 0.6 is 0 Å².